The first-order valence-corrected chi connectivity index (χ1v) is 7.04. The Morgan fingerprint density at radius 2 is 2.17 bits per heavy atom. The number of carbonyl (C=O) groups is 1. The van der Waals surface area contributed by atoms with Gasteiger partial charge >= 0.3 is 0 Å². The zero-order chi connectivity index (χ0) is 13.5. The highest BCUT2D eigenvalue weighted by molar-refractivity contribution is 9.10. The van der Waals surface area contributed by atoms with Crippen LogP contribution in [0.3, 0.4) is 0 Å². The molecule has 0 radical (unpaired) electrons. The summed E-state index contributed by atoms with van der Waals surface area (Å²) >= 11 is 3.36. The summed E-state index contributed by atoms with van der Waals surface area (Å²) in [6.07, 6.45) is 3.65. The highest BCUT2D eigenvalue weighted by Gasteiger charge is 2.16. The number of aromatic nitrogens is 1. The van der Waals surface area contributed by atoms with E-state index in [2.05, 4.69) is 40.1 Å². The Labute approximate surface area is 117 Å². The Kier molecular flexibility index (Phi) is 6.12. The third-order valence-corrected chi connectivity index (χ3v) is 2.97. The number of hydrogen-bond acceptors (Lipinski definition) is 3. The third kappa shape index (κ3) is 3.98. The van der Waals surface area contributed by atoms with Crippen LogP contribution in [-0.2, 0) is 0 Å². The molecule has 1 N–H and O–H groups in total. The molecule has 18 heavy (non-hydrogen) atoms. The highest BCUT2D eigenvalue weighted by Crippen LogP contribution is 2.19. The molecule has 1 amide bonds. The number of rotatable bonds is 6. The summed E-state index contributed by atoms with van der Waals surface area (Å²) in [5.74, 6) is 0.664. The number of carbonyl (C=O) groups excluding carboxylic acids is 1. The first kappa shape index (κ1) is 15.0. The number of amides is 1. The molecule has 0 aliphatic heterocycles. The molecule has 0 aliphatic carbocycles. The zero-order valence-corrected chi connectivity index (χ0v) is 12.7. The molecule has 1 aromatic rings. The fraction of sp³-hybridized carbons (Fsp3) is 0.538. The van der Waals surface area contributed by atoms with E-state index in [1.165, 1.54) is 0 Å². The van der Waals surface area contributed by atoms with Crippen molar-refractivity contribution in [2.24, 2.45) is 0 Å². The molecule has 1 rings (SSSR count). The SMILES string of the molecule is CCCNc1ncc(Br)cc1C(=O)N(C)CCC. The summed E-state index contributed by atoms with van der Waals surface area (Å²) in [6.45, 7) is 5.70. The Balaban J connectivity index is 2.96. The van der Waals surface area contributed by atoms with Crippen molar-refractivity contribution in [3.05, 3.63) is 22.3 Å². The maximum atomic E-state index is 12.3. The predicted octanol–water partition coefficient (Wildman–Crippen LogP) is 3.15. The van der Waals surface area contributed by atoms with E-state index >= 15 is 0 Å². The molecule has 100 valence electrons. The van der Waals surface area contributed by atoms with Crippen LogP contribution in [0.15, 0.2) is 16.7 Å². The lowest BCUT2D eigenvalue weighted by Crippen LogP contribution is -2.28. The summed E-state index contributed by atoms with van der Waals surface area (Å²) in [4.78, 5) is 18.3. The molecule has 0 unspecified atom stereocenters. The van der Waals surface area contributed by atoms with E-state index < -0.39 is 0 Å². The van der Waals surface area contributed by atoms with E-state index in [0.717, 1.165) is 30.4 Å². The van der Waals surface area contributed by atoms with Crippen molar-refractivity contribution in [1.82, 2.24) is 9.88 Å². The maximum Gasteiger partial charge on any atom is 0.257 e. The van der Waals surface area contributed by atoms with Gasteiger partial charge in [0.05, 0.1) is 5.56 Å². The maximum absolute atomic E-state index is 12.3. The Morgan fingerprint density at radius 3 is 2.78 bits per heavy atom. The van der Waals surface area contributed by atoms with Gasteiger partial charge in [-0.15, -0.1) is 0 Å². The van der Waals surface area contributed by atoms with Gasteiger partial charge in [0.2, 0.25) is 0 Å². The number of anilines is 1. The molecule has 1 aromatic heterocycles. The average Bonchev–Trinajstić information content (AvgIpc) is 2.36. The number of pyridine rings is 1. The first-order chi connectivity index (χ1) is 8.60. The van der Waals surface area contributed by atoms with Gasteiger partial charge in [-0.25, -0.2) is 4.98 Å². The number of nitrogens with zero attached hydrogens (tertiary/aromatic N) is 2. The van der Waals surface area contributed by atoms with Crippen molar-refractivity contribution in [3.63, 3.8) is 0 Å². The summed E-state index contributed by atoms with van der Waals surface area (Å²) in [6, 6.07) is 1.82. The molecule has 0 bridgehead atoms. The van der Waals surface area contributed by atoms with Gasteiger partial charge in [-0.2, -0.15) is 0 Å². The van der Waals surface area contributed by atoms with Crippen LogP contribution in [-0.4, -0.2) is 35.9 Å². The standard InChI is InChI=1S/C13H20BrN3O/c1-4-6-15-12-11(8-10(14)9-16-12)13(18)17(3)7-5-2/h8-9H,4-7H2,1-3H3,(H,15,16). The molecule has 1 heterocycles. The second-order valence-electron chi connectivity index (χ2n) is 4.20. The Hall–Kier alpha value is -1.10. The van der Waals surface area contributed by atoms with E-state index in [-0.39, 0.29) is 5.91 Å². The molecule has 0 saturated carbocycles. The van der Waals surface area contributed by atoms with Crippen LogP contribution in [0.1, 0.15) is 37.0 Å². The van der Waals surface area contributed by atoms with Crippen molar-refractivity contribution in [2.45, 2.75) is 26.7 Å². The van der Waals surface area contributed by atoms with Gasteiger partial charge in [0.1, 0.15) is 5.82 Å². The third-order valence-electron chi connectivity index (χ3n) is 2.53. The topological polar surface area (TPSA) is 45.2 Å². The number of halogens is 1. The molecule has 0 fully saturated rings. The minimum atomic E-state index is 0.00394. The van der Waals surface area contributed by atoms with E-state index in [1.54, 1.807) is 11.1 Å². The van der Waals surface area contributed by atoms with E-state index in [0.29, 0.717) is 11.4 Å². The van der Waals surface area contributed by atoms with Crippen LogP contribution in [0.5, 0.6) is 0 Å². The van der Waals surface area contributed by atoms with Crippen molar-refractivity contribution in [3.8, 4) is 0 Å². The minimum Gasteiger partial charge on any atom is -0.369 e. The lowest BCUT2D eigenvalue weighted by atomic mass is 10.2. The normalized spacial score (nSPS) is 10.2. The summed E-state index contributed by atoms with van der Waals surface area (Å²) in [5, 5.41) is 3.19. The molecule has 0 aliphatic rings. The molecule has 0 atom stereocenters. The fourth-order valence-corrected chi connectivity index (χ4v) is 1.96. The number of nitrogens with one attached hydrogen (secondary N) is 1. The fourth-order valence-electron chi connectivity index (χ4n) is 1.63. The van der Waals surface area contributed by atoms with Gasteiger partial charge in [-0.05, 0) is 34.8 Å². The van der Waals surface area contributed by atoms with Gasteiger partial charge in [0.25, 0.3) is 5.91 Å². The van der Waals surface area contributed by atoms with Gasteiger partial charge < -0.3 is 10.2 Å². The second kappa shape index (κ2) is 7.36. The summed E-state index contributed by atoms with van der Waals surface area (Å²) in [5.41, 5.74) is 0.619. The first-order valence-electron chi connectivity index (χ1n) is 6.25. The van der Waals surface area contributed by atoms with E-state index in [9.17, 15) is 4.79 Å². The largest absolute Gasteiger partial charge is 0.369 e. The quantitative estimate of drug-likeness (QED) is 0.877. The van der Waals surface area contributed by atoms with Gasteiger partial charge in [0, 0.05) is 30.8 Å². The minimum absolute atomic E-state index is 0.00394. The summed E-state index contributed by atoms with van der Waals surface area (Å²) < 4.78 is 0.817. The van der Waals surface area contributed by atoms with Crippen LogP contribution in [0, 0.1) is 0 Å². The lowest BCUT2D eigenvalue weighted by molar-refractivity contribution is 0.0795. The highest BCUT2D eigenvalue weighted by atomic mass is 79.9. The van der Waals surface area contributed by atoms with Crippen LogP contribution in [0.25, 0.3) is 0 Å². The summed E-state index contributed by atoms with van der Waals surface area (Å²) in [7, 11) is 1.82. The number of hydrogen-bond donors (Lipinski definition) is 1. The Bertz CT molecular complexity index is 409. The molecule has 0 spiro atoms. The zero-order valence-electron chi connectivity index (χ0n) is 11.2. The van der Waals surface area contributed by atoms with Crippen LogP contribution in [0.2, 0.25) is 0 Å². The lowest BCUT2D eigenvalue weighted by Gasteiger charge is -2.18. The van der Waals surface area contributed by atoms with Crippen molar-refractivity contribution >= 4 is 27.7 Å². The van der Waals surface area contributed by atoms with Crippen LogP contribution < -0.4 is 5.32 Å². The van der Waals surface area contributed by atoms with Crippen molar-refractivity contribution in [2.75, 3.05) is 25.5 Å². The molecule has 0 saturated heterocycles. The van der Waals surface area contributed by atoms with Crippen molar-refractivity contribution in [1.29, 1.82) is 0 Å². The molecule has 0 aromatic carbocycles. The molecule has 4 nitrogen and oxygen atoms in total. The average molecular weight is 314 g/mol. The molecular formula is C13H20BrN3O. The van der Waals surface area contributed by atoms with Gasteiger partial charge in [0.15, 0.2) is 0 Å². The van der Waals surface area contributed by atoms with Crippen LogP contribution in [0.4, 0.5) is 5.82 Å². The van der Waals surface area contributed by atoms with Crippen molar-refractivity contribution < 1.29 is 4.79 Å². The second-order valence-corrected chi connectivity index (χ2v) is 5.12. The van der Waals surface area contributed by atoms with Gasteiger partial charge in [-0.1, -0.05) is 13.8 Å². The van der Waals surface area contributed by atoms with E-state index in [4.69, 9.17) is 0 Å². The van der Waals surface area contributed by atoms with Crippen LogP contribution >= 0.6 is 15.9 Å². The van der Waals surface area contributed by atoms with E-state index in [1.807, 2.05) is 13.1 Å². The van der Waals surface area contributed by atoms with Gasteiger partial charge in [-0.3, -0.25) is 4.79 Å². The predicted molar refractivity (Wildman–Crippen MR) is 78.0 cm³/mol. The molecule has 5 heteroatoms. The Morgan fingerprint density at radius 1 is 1.44 bits per heavy atom. The molecular weight excluding hydrogens is 294 g/mol. The smallest absolute Gasteiger partial charge is 0.257 e. The monoisotopic (exact) mass is 313 g/mol.